The van der Waals surface area contributed by atoms with E-state index in [1.54, 1.807) is 0 Å². The van der Waals surface area contributed by atoms with E-state index in [-0.39, 0.29) is 6.04 Å². The van der Waals surface area contributed by atoms with Crippen molar-refractivity contribution in [2.75, 3.05) is 7.05 Å². The normalized spacial score (nSPS) is 12.6. The fourth-order valence-electron chi connectivity index (χ4n) is 2.25. The van der Waals surface area contributed by atoms with Crippen LogP contribution >= 0.6 is 23.1 Å². The molecule has 3 nitrogen and oxygen atoms in total. The van der Waals surface area contributed by atoms with Gasteiger partial charge in [0.2, 0.25) is 0 Å². The number of benzene rings is 1. The molecule has 2 aromatic rings. The number of rotatable bonds is 6. The van der Waals surface area contributed by atoms with Gasteiger partial charge in [-0.05, 0) is 55.5 Å². The summed E-state index contributed by atoms with van der Waals surface area (Å²) in [5.41, 5.74) is 3.46. The third-order valence-electron chi connectivity index (χ3n) is 3.37. The van der Waals surface area contributed by atoms with Gasteiger partial charge in [0, 0.05) is 11.1 Å². The van der Waals surface area contributed by atoms with Crippen molar-refractivity contribution in [3.8, 4) is 0 Å². The molecule has 2 rings (SSSR count). The molecule has 0 saturated heterocycles. The Bertz CT molecular complexity index is 568. The van der Waals surface area contributed by atoms with E-state index in [0.29, 0.717) is 0 Å². The second-order valence-electron chi connectivity index (χ2n) is 4.97. The predicted molar refractivity (Wildman–Crippen MR) is 85.6 cm³/mol. The van der Waals surface area contributed by atoms with Crippen molar-refractivity contribution in [3.05, 3.63) is 44.9 Å². The van der Waals surface area contributed by atoms with E-state index in [2.05, 4.69) is 40.9 Å². The summed E-state index contributed by atoms with van der Waals surface area (Å²) in [6, 6.07) is 6.44. The smallest absolute Gasteiger partial charge is 0.0803 e. The Kier molecular flexibility index (Phi) is 5.52. The topological polar surface area (TPSA) is 37.8 Å². The molecule has 0 amide bonds. The minimum absolute atomic E-state index is 0.219. The van der Waals surface area contributed by atoms with E-state index >= 15 is 0 Å². The number of halogens is 1. The number of hydrogen-bond donors (Lipinski definition) is 1. The Balaban J connectivity index is 2.22. The lowest BCUT2D eigenvalue weighted by Gasteiger charge is -2.16. The standard InChI is InChI=1S/C15H20ClN3S/c1-4-5-13-15(20-19-18-13)14(17-3)9-11-7-6-10(2)8-12(11)16/h6-8,14,17H,4-5,9H2,1-3H3. The van der Waals surface area contributed by atoms with Crippen LogP contribution in [0.25, 0.3) is 0 Å². The molecule has 1 aromatic heterocycles. The predicted octanol–water partition coefficient (Wildman–Crippen LogP) is 3.96. The molecule has 1 unspecified atom stereocenters. The van der Waals surface area contributed by atoms with Gasteiger partial charge in [0.25, 0.3) is 0 Å². The molecule has 1 aromatic carbocycles. The summed E-state index contributed by atoms with van der Waals surface area (Å²) in [6.45, 7) is 4.21. The molecule has 0 radical (unpaired) electrons. The third-order valence-corrected chi connectivity index (χ3v) is 4.60. The monoisotopic (exact) mass is 309 g/mol. The molecule has 0 aliphatic heterocycles. The minimum Gasteiger partial charge on any atom is -0.312 e. The van der Waals surface area contributed by atoms with Gasteiger partial charge in [-0.1, -0.05) is 41.6 Å². The minimum atomic E-state index is 0.219. The zero-order valence-electron chi connectivity index (χ0n) is 12.1. The maximum absolute atomic E-state index is 6.34. The Morgan fingerprint density at radius 2 is 2.20 bits per heavy atom. The van der Waals surface area contributed by atoms with E-state index in [4.69, 9.17) is 11.6 Å². The van der Waals surface area contributed by atoms with E-state index in [0.717, 1.165) is 35.5 Å². The number of aryl methyl sites for hydroxylation is 2. The Morgan fingerprint density at radius 3 is 2.85 bits per heavy atom. The van der Waals surface area contributed by atoms with Gasteiger partial charge in [-0.15, -0.1) is 5.10 Å². The lowest BCUT2D eigenvalue weighted by Crippen LogP contribution is -2.19. The maximum Gasteiger partial charge on any atom is 0.0803 e. The van der Waals surface area contributed by atoms with E-state index < -0.39 is 0 Å². The van der Waals surface area contributed by atoms with Crippen LogP contribution in [0.5, 0.6) is 0 Å². The van der Waals surface area contributed by atoms with Gasteiger partial charge in [0.05, 0.1) is 10.6 Å². The van der Waals surface area contributed by atoms with Crippen molar-refractivity contribution >= 4 is 23.1 Å². The van der Waals surface area contributed by atoms with Crippen LogP contribution in [-0.2, 0) is 12.8 Å². The van der Waals surface area contributed by atoms with Crippen LogP contribution in [0.3, 0.4) is 0 Å². The lowest BCUT2D eigenvalue weighted by atomic mass is 10.0. The van der Waals surface area contributed by atoms with Gasteiger partial charge in [0.15, 0.2) is 0 Å². The lowest BCUT2D eigenvalue weighted by molar-refractivity contribution is 0.593. The van der Waals surface area contributed by atoms with Crippen LogP contribution in [0.4, 0.5) is 0 Å². The second-order valence-corrected chi connectivity index (χ2v) is 6.17. The number of aromatic nitrogens is 2. The molecule has 5 heteroatoms. The van der Waals surface area contributed by atoms with Crippen LogP contribution in [0, 0.1) is 6.92 Å². The van der Waals surface area contributed by atoms with Crippen LogP contribution in [0.1, 0.15) is 41.1 Å². The van der Waals surface area contributed by atoms with E-state index in [1.807, 2.05) is 13.1 Å². The van der Waals surface area contributed by atoms with E-state index in [9.17, 15) is 0 Å². The van der Waals surface area contributed by atoms with Crippen LogP contribution in [0.15, 0.2) is 18.2 Å². The summed E-state index contributed by atoms with van der Waals surface area (Å²) in [5.74, 6) is 0. The van der Waals surface area contributed by atoms with Crippen molar-refractivity contribution in [2.45, 2.75) is 39.2 Å². The van der Waals surface area contributed by atoms with Gasteiger partial charge in [0.1, 0.15) is 0 Å². The first-order valence-electron chi connectivity index (χ1n) is 6.89. The van der Waals surface area contributed by atoms with Crippen molar-refractivity contribution in [2.24, 2.45) is 0 Å². The molecule has 1 atom stereocenters. The molecule has 0 spiro atoms. The molecule has 108 valence electrons. The van der Waals surface area contributed by atoms with Crippen molar-refractivity contribution in [3.63, 3.8) is 0 Å². The van der Waals surface area contributed by atoms with Gasteiger partial charge >= 0.3 is 0 Å². The zero-order chi connectivity index (χ0) is 14.5. The van der Waals surface area contributed by atoms with Gasteiger partial charge in [-0.25, -0.2) is 0 Å². The SMILES string of the molecule is CCCc1nnsc1C(Cc1ccc(C)cc1Cl)NC. The highest BCUT2D eigenvalue weighted by Crippen LogP contribution is 2.28. The molecule has 0 saturated carbocycles. The highest BCUT2D eigenvalue weighted by molar-refractivity contribution is 7.05. The largest absolute Gasteiger partial charge is 0.312 e. The van der Waals surface area contributed by atoms with Crippen molar-refractivity contribution < 1.29 is 0 Å². The molecule has 0 aliphatic rings. The highest BCUT2D eigenvalue weighted by atomic mass is 35.5. The molecule has 1 N–H and O–H groups in total. The molecule has 20 heavy (non-hydrogen) atoms. The summed E-state index contributed by atoms with van der Waals surface area (Å²) < 4.78 is 4.11. The quantitative estimate of drug-likeness (QED) is 0.878. The molecule has 0 fully saturated rings. The average Bonchev–Trinajstić information content (AvgIpc) is 2.87. The second kappa shape index (κ2) is 7.16. The molecule has 0 bridgehead atoms. The van der Waals surface area contributed by atoms with Gasteiger partial charge < -0.3 is 5.32 Å². The first-order valence-corrected chi connectivity index (χ1v) is 8.04. The summed E-state index contributed by atoms with van der Waals surface area (Å²) in [7, 11) is 1.97. The molecule has 0 aliphatic carbocycles. The summed E-state index contributed by atoms with van der Waals surface area (Å²) >= 11 is 7.82. The average molecular weight is 310 g/mol. The number of nitrogens with one attached hydrogen (secondary N) is 1. The van der Waals surface area contributed by atoms with Crippen LogP contribution in [-0.4, -0.2) is 16.6 Å². The highest BCUT2D eigenvalue weighted by Gasteiger charge is 2.19. The molecule has 1 heterocycles. The number of hydrogen-bond acceptors (Lipinski definition) is 4. The first-order chi connectivity index (χ1) is 9.65. The third kappa shape index (κ3) is 3.57. The fraction of sp³-hybridized carbons (Fsp3) is 0.467. The zero-order valence-corrected chi connectivity index (χ0v) is 13.7. The number of likely N-dealkylation sites (N-methyl/N-ethyl adjacent to an activating group) is 1. The van der Waals surface area contributed by atoms with E-state index in [1.165, 1.54) is 22.0 Å². The summed E-state index contributed by atoms with van der Waals surface area (Å²) in [4.78, 5) is 1.23. The van der Waals surface area contributed by atoms with Crippen molar-refractivity contribution in [1.82, 2.24) is 14.9 Å². The fourth-order valence-corrected chi connectivity index (χ4v) is 3.37. The summed E-state index contributed by atoms with van der Waals surface area (Å²) in [5, 5.41) is 8.45. The Hall–Kier alpha value is -0.970. The Morgan fingerprint density at radius 1 is 1.40 bits per heavy atom. The Labute approximate surface area is 129 Å². The van der Waals surface area contributed by atoms with Crippen LogP contribution in [0.2, 0.25) is 5.02 Å². The van der Waals surface area contributed by atoms with Crippen LogP contribution < -0.4 is 5.32 Å². The molecular formula is C15H20ClN3S. The summed E-state index contributed by atoms with van der Waals surface area (Å²) in [6.07, 6.45) is 2.92. The van der Waals surface area contributed by atoms with Crippen molar-refractivity contribution in [1.29, 1.82) is 0 Å². The van der Waals surface area contributed by atoms with Gasteiger partial charge in [-0.2, -0.15) is 0 Å². The number of nitrogens with zero attached hydrogens (tertiary/aromatic N) is 2. The first kappa shape index (κ1) is 15.4. The maximum atomic E-state index is 6.34. The molecular weight excluding hydrogens is 290 g/mol. The van der Waals surface area contributed by atoms with Gasteiger partial charge in [-0.3, -0.25) is 0 Å².